The van der Waals surface area contributed by atoms with Crippen LogP contribution in [0.15, 0.2) is 66.5 Å². The highest BCUT2D eigenvalue weighted by Gasteiger charge is 2.47. The molecule has 5 rings (SSSR count). The molecule has 34 heavy (non-hydrogen) atoms. The molecule has 1 aromatic heterocycles. The number of nitrogens with zero attached hydrogens (tertiary/aromatic N) is 3. The Hall–Kier alpha value is -4.13. The Bertz CT molecular complexity index is 1330. The quantitative estimate of drug-likeness (QED) is 0.363. The highest BCUT2D eigenvalue weighted by atomic mass is 16.5. The largest absolute Gasteiger partial charge is 0.507 e. The number of amides is 1. The number of carbonyl (C=O) groups is 2. The van der Waals surface area contributed by atoms with Crippen molar-refractivity contribution in [3.63, 3.8) is 0 Å². The first kappa shape index (κ1) is 21.7. The van der Waals surface area contributed by atoms with Crippen LogP contribution in [0.5, 0.6) is 5.75 Å². The van der Waals surface area contributed by atoms with Crippen molar-refractivity contribution in [3.05, 3.63) is 88.8 Å². The summed E-state index contributed by atoms with van der Waals surface area (Å²) in [5.74, 6) is -0.892. The predicted molar refractivity (Wildman–Crippen MR) is 130 cm³/mol. The second-order valence-corrected chi connectivity index (χ2v) is 8.69. The summed E-state index contributed by atoms with van der Waals surface area (Å²) in [4.78, 5) is 34.3. The minimum atomic E-state index is -0.783. The van der Waals surface area contributed by atoms with Gasteiger partial charge in [-0.1, -0.05) is 17.7 Å². The number of ketones is 1. The number of anilines is 2. The van der Waals surface area contributed by atoms with Crippen LogP contribution >= 0.6 is 0 Å². The first-order valence-electron chi connectivity index (χ1n) is 11.1. The highest BCUT2D eigenvalue weighted by molar-refractivity contribution is 6.51. The van der Waals surface area contributed by atoms with E-state index in [2.05, 4.69) is 4.98 Å². The van der Waals surface area contributed by atoms with E-state index >= 15 is 0 Å². The zero-order valence-corrected chi connectivity index (χ0v) is 19.3. The number of likely N-dealkylation sites (N-methyl/N-ethyl adjacent to an activating group) is 1. The number of pyridine rings is 1. The Balaban J connectivity index is 1.71. The van der Waals surface area contributed by atoms with Crippen LogP contribution in [0.4, 0.5) is 11.4 Å². The van der Waals surface area contributed by atoms with Gasteiger partial charge in [-0.05, 0) is 61.4 Å². The maximum absolute atomic E-state index is 13.4. The van der Waals surface area contributed by atoms with Crippen molar-refractivity contribution in [3.8, 4) is 5.75 Å². The molecule has 1 atom stereocenters. The minimum absolute atomic E-state index is 0.0514. The van der Waals surface area contributed by atoms with Crippen molar-refractivity contribution >= 4 is 28.8 Å². The van der Waals surface area contributed by atoms with E-state index in [1.807, 2.05) is 44.0 Å². The third-order valence-electron chi connectivity index (χ3n) is 6.41. The van der Waals surface area contributed by atoms with E-state index in [4.69, 9.17) is 4.74 Å². The lowest BCUT2D eigenvalue weighted by Gasteiger charge is -2.28. The highest BCUT2D eigenvalue weighted by Crippen LogP contribution is 2.44. The van der Waals surface area contributed by atoms with E-state index in [9.17, 15) is 14.7 Å². The molecule has 7 nitrogen and oxygen atoms in total. The Kier molecular flexibility index (Phi) is 5.32. The Morgan fingerprint density at radius 1 is 1.03 bits per heavy atom. The molecule has 1 N–H and O–H groups in total. The molecule has 0 saturated carbocycles. The topological polar surface area (TPSA) is 83.0 Å². The SMILES string of the molecule is Cc1ccc(N2C(=O)C(=O)/C(=C(\O)c3ccc4c(c3)N(C)CCO4)C2c2ccncc2)c(C)c1. The molecule has 172 valence electrons. The lowest BCUT2D eigenvalue weighted by atomic mass is 9.95. The van der Waals surface area contributed by atoms with Gasteiger partial charge in [-0.3, -0.25) is 19.5 Å². The molecule has 3 heterocycles. The normalized spacial score (nSPS) is 19.2. The molecule has 2 aliphatic heterocycles. The summed E-state index contributed by atoms with van der Waals surface area (Å²) in [6, 6.07) is 13.7. The van der Waals surface area contributed by atoms with E-state index in [1.54, 1.807) is 42.7 Å². The van der Waals surface area contributed by atoms with Crippen LogP contribution in [-0.2, 0) is 9.59 Å². The summed E-state index contributed by atoms with van der Waals surface area (Å²) in [6.45, 7) is 5.18. The number of aliphatic hydroxyl groups excluding tert-OH is 1. The molecule has 7 heteroatoms. The number of rotatable bonds is 3. The fraction of sp³-hybridized carbons (Fsp3) is 0.222. The zero-order chi connectivity index (χ0) is 24.0. The first-order chi connectivity index (χ1) is 16.4. The van der Waals surface area contributed by atoms with Gasteiger partial charge in [0.25, 0.3) is 11.7 Å². The summed E-state index contributed by atoms with van der Waals surface area (Å²) in [7, 11) is 1.95. The third kappa shape index (κ3) is 3.50. The molecule has 1 amide bonds. The first-order valence-corrected chi connectivity index (χ1v) is 11.1. The van der Waals surface area contributed by atoms with Crippen LogP contribution in [0.2, 0.25) is 0 Å². The molecule has 3 aromatic rings. The number of hydrogen-bond donors (Lipinski definition) is 1. The van der Waals surface area contributed by atoms with Crippen molar-refractivity contribution in [1.29, 1.82) is 0 Å². The second kappa shape index (κ2) is 8.33. The minimum Gasteiger partial charge on any atom is -0.507 e. The maximum Gasteiger partial charge on any atom is 0.300 e. The lowest BCUT2D eigenvalue weighted by Crippen LogP contribution is -2.30. The zero-order valence-electron chi connectivity index (χ0n) is 19.3. The van der Waals surface area contributed by atoms with E-state index in [-0.39, 0.29) is 11.3 Å². The van der Waals surface area contributed by atoms with Crippen molar-refractivity contribution in [2.75, 3.05) is 30.0 Å². The van der Waals surface area contributed by atoms with Gasteiger partial charge in [0.05, 0.1) is 23.8 Å². The molecule has 2 aliphatic rings. The molecule has 0 spiro atoms. The fourth-order valence-corrected chi connectivity index (χ4v) is 4.67. The molecule has 0 radical (unpaired) electrons. The standard InChI is InChI=1S/C27H25N3O4/c1-16-4-6-20(17(2)14-16)30-24(18-8-10-28-11-9-18)23(26(32)27(30)33)25(31)19-5-7-22-21(15-19)29(3)12-13-34-22/h4-11,14-15,24,31H,12-13H2,1-3H3/b25-23-. The van der Waals surface area contributed by atoms with Gasteiger partial charge >= 0.3 is 0 Å². The van der Waals surface area contributed by atoms with Gasteiger partial charge in [0.1, 0.15) is 18.1 Å². The van der Waals surface area contributed by atoms with Crippen LogP contribution in [0.3, 0.4) is 0 Å². The number of carbonyl (C=O) groups excluding carboxylic acids is 2. The number of benzene rings is 2. The monoisotopic (exact) mass is 455 g/mol. The molecular formula is C27H25N3O4. The molecule has 1 saturated heterocycles. The van der Waals surface area contributed by atoms with Crippen LogP contribution in [0.1, 0.15) is 28.3 Å². The van der Waals surface area contributed by atoms with Crippen molar-refractivity contribution < 1.29 is 19.4 Å². The fourth-order valence-electron chi connectivity index (χ4n) is 4.67. The van der Waals surface area contributed by atoms with Crippen LogP contribution in [0, 0.1) is 13.8 Å². The van der Waals surface area contributed by atoms with Gasteiger partial charge in [-0.25, -0.2) is 0 Å². The summed E-state index contributed by atoms with van der Waals surface area (Å²) in [5.41, 5.74) is 4.57. The van der Waals surface area contributed by atoms with Crippen LogP contribution in [-0.4, -0.2) is 42.0 Å². The molecule has 0 bridgehead atoms. The average Bonchev–Trinajstić information content (AvgIpc) is 3.10. The van der Waals surface area contributed by atoms with E-state index in [0.29, 0.717) is 35.7 Å². The Labute approximate surface area is 197 Å². The van der Waals surface area contributed by atoms with E-state index in [1.165, 1.54) is 4.90 Å². The molecule has 1 fully saturated rings. The smallest absolute Gasteiger partial charge is 0.300 e. The predicted octanol–water partition coefficient (Wildman–Crippen LogP) is 4.15. The number of aromatic nitrogens is 1. The van der Waals surface area contributed by atoms with E-state index < -0.39 is 17.7 Å². The Morgan fingerprint density at radius 2 is 1.79 bits per heavy atom. The van der Waals surface area contributed by atoms with Gasteiger partial charge in [-0.15, -0.1) is 0 Å². The summed E-state index contributed by atoms with van der Waals surface area (Å²) >= 11 is 0. The van der Waals surface area contributed by atoms with Crippen LogP contribution in [0.25, 0.3) is 5.76 Å². The molecule has 2 aromatic carbocycles. The second-order valence-electron chi connectivity index (χ2n) is 8.69. The van der Waals surface area contributed by atoms with Gasteiger partial charge in [0.2, 0.25) is 0 Å². The number of aliphatic hydroxyl groups is 1. The van der Waals surface area contributed by atoms with E-state index in [0.717, 1.165) is 16.8 Å². The average molecular weight is 456 g/mol. The number of hydrogen-bond acceptors (Lipinski definition) is 6. The molecule has 0 aliphatic carbocycles. The third-order valence-corrected chi connectivity index (χ3v) is 6.41. The van der Waals surface area contributed by atoms with Gasteiger partial charge in [-0.2, -0.15) is 0 Å². The molecular weight excluding hydrogens is 430 g/mol. The molecule has 1 unspecified atom stereocenters. The number of fused-ring (bicyclic) bond motifs is 1. The van der Waals surface area contributed by atoms with Gasteiger partial charge in [0, 0.05) is 30.7 Å². The van der Waals surface area contributed by atoms with Gasteiger partial charge < -0.3 is 14.7 Å². The Morgan fingerprint density at radius 3 is 2.53 bits per heavy atom. The van der Waals surface area contributed by atoms with Crippen LogP contribution < -0.4 is 14.5 Å². The van der Waals surface area contributed by atoms with Crippen molar-refractivity contribution in [1.82, 2.24) is 4.98 Å². The summed E-state index contributed by atoms with van der Waals surface area (Å²) < 4.78 is 5.70. The number of ether oxygens (including phenoxy) is 1. The van der Waals surface area contributed by atoms with Crippen molar-refractivity contribution in [2.45, 2.75) is 19.9 Å². The summed E-state index contributed by atoms with van der Waals surface area (Å²) in [6.07, 6.45) is 3.23. The van der Waals surface area contributed by atoms with Gasteiger partial charge in [0.15, 0.2) is 0 Å². The number of aryl methyl sites for hydroxylation is 2. The number of Topliss-reactive ketones (excluding diaryl/α,β-unsaturated/α-hetero) is 1. The summed E-state index contributed by atoms with van der Waals surface area (Å²) in [5, 5.41) is 11.4. The lowest BCUT2D eigenvalue weighted by molar-refractivity contribution is -0.132. The maximum atomic E-state index is 13.4. The van der Waals surface area contributed by atoms with Crippen molar-refractivity contribution in [2.24, 2.45) is 0 Å².